The molecule has 1 unspecified atom stereocenters. The smallest absolute Gasteiger partial charge is 0.119 e. The number of nitrogens with one attached hydrogen (secondary N) is 1. The molecule has 0 radical (unpaired) electrons. The first kappa shape index (κ1) is 12.5. The minimum Gasteiger partial charge on any atom is -0.508 e. The van der Waals surface area contributed by atoms with Crippen LogP contribution in [0.4, 0.5) is 0 Å². The van der Waals surface area contributed by atoms with Crippen molar-refractivity contribution in [2.75, 3.05) is 18.1 Å². The molecule has 0 heterocycles. The van der Waals surface area contributed by atoms with Gasteiger partial charge in [0.25, 0.3) is 0 Å². The molecule has 0 saturated carbocycles. The molecule has 1 aliphatic rings. The maximum absolute atomic E-state index is 9.75. The molecule has 2 nitrogen and oxygen atoms in total. The molecule has 2 rings (SSSR count). The molecule has 0 fully saturated rings. The van der Waals surface area contributed by atoms with Crippen LogP contribution in [0.25, 0.3) is 0 Å². The number of hydrogen-bond donors (Lipinski definition) is 2. The van der Waals surface area contributed by atoms with Crippen molar-refractivity contribution in [3.05, 3.63) is 42.0 Å². The van der Waals surface area contributed by atoms with E-state index in [2.05, 4.69) is 18.0 Å². The van der Waals surface area contributed by atoms with Crippen LogP contribution < -0.4 is 5.32 Å². The fraction of sp³-hybridized carbons (Fsp3) is 0.429. The monoisotopic (exact) mass is 249 g/mol. The van der Waals surface area contributed by atoms with Crippen LogP contribution in [0.5, 0.6) is 5.75 Å². The quantitative estimate of drug-likeness (QED) is 0.600. The molecule has 0 saturated heterocycles. The van der Waals surface area contributed by atoms with Crippen LogP contribution in [-0.2, 0) is 6.42 Å². The predicted molar refractivity (Wildman–Crippen MR) is 74.7 cm³/mol. The van der Waals surface area contributed by atoms with Gasteiger partial charge >= 0.3 is 0 Å². The second kappa shape index (κ2) is 6.12. The lowest BCUT2D eigenvalue weighted by Gasteiger charge is -2.13. The van der Waals surface area contributed by atoms with Crippen LogP contribution in [0.15, 0.2) is 30.9 Å². The molecule has 1 aromatic carbocycles. The van der Waals surface area contributed by atoms with Gasteiger partial charge in [-0.2, -0.15) is 11.8 Å². The maximum atomic E-state index is 9.75. The van der Waals surface area contributed by atoms with Crippen molar-refractivity contribution in [1.82, 2.24) is 5.32 Å². The van der Waals surface area contributed by atoms with Crippen LogP contribution in [-0.4, -0.2) is 23.2 Å². The Morgan fingerprint density at radius 3 is 3.24 bits per heavy atom. The molecule has 0 amide bonds. The summed E-state index contributed by atoms with van der Waals surface area (Å²) in [6.07, 6.45) is 4.02. The van der Waals surface area contributed by atoms with Gasteiger partial charge in [0.05, 0.1) is 0 Å². The van der Waals surface area contributed by atoms with Gasteiger partial charge in [0.15, 0.2) is 0 Å². The highest BCUT2D eigenvalue weighted by Gasteiger charge is 2.23. The number of phenols is 1. The third kappa shape index (κ3) is 3.05. The summed E-state index contributed by atoms with van der Waals surface area (Å²) >= 11 is 1.89. The van der Waals surface area contributed by atoms with E-state index in [1.807, 2.05) is 23.9 Å². The lowest BCUT2D eigenvalue weighted by Crippen LogP contribution is -2.21. The van der Waals surface area contributed by atoms with E-state index in [4.69, 9.17) is 0 Å². The number of aromatic hydroxyl groups is 1. The van der Waals surface area contributed by atoms with Gasteiger partial charge in [-0.05, 0) is 30.0 Å². The molecule has 92 valence electrons. The average molecular weight is 249 g/mol. The van der Waals surface area contributed by atoms with E-state index in [9.17, 15) is 5.11 Å². The zero-order chi connectivity index (χ0) is 12.1. The molecular formula is C14H19NOS. The Labute approximate surface area is 107 Å². The minimum absolute atomic E-state index is 0.418. The number of phenolic OH excluding ortho intramolecular Hbond substituents is 1. The van der Waals surface area contributed by atoms with Gasteiger partial charge in [0, 0.05) is 24.1 Å². The van der Waals surface area contributed by atoms with Gasteiger partial charge in [0.2, 0.25) is 0 Å². The summed E-state index contributed by atoms with van der Waals surface area (Å²) in [6, 6.07) is 6.25. The Morgan fingerprint density at radius 2 is 2.41 bits per heavy atom. The second-order valence-electron chi connectivity index (χ2n) is 4.25. The summed E-state index contributed by atoms with van der Waals surface area (Å²) in [5, 5.41) is 13.3. The molecule has 1 aliphatic carbocycles. The van der Waals surface area contributed by atoms with Gasteiger partial charge < -0.3 is 10.4 Å². The Kier molecular flexibility index (Phi) is 4.51. The highest BCUT2D eigenvalue weighted by Crippen LogP contribution is 2.36. The Balaban J connectivity index is 1.85. The number of rotatable bonds is 6. The SMILES string of the molecule is C=CCSCCNC1CCc2c(O)cccc21. The van der Waals surface area contributed by atoms with Crippen LogP contribution in [0.1, 0.15) is 23.6 Å². The lowest BCUT2D eigenvalue weighted by atomic mass is 10.1. The van der Waals surface area contributed by atoms with Gasteiger partial charge in [-0.1, -0.05) is 18.2 Å². The summed E-state index contributed by atoms with van der Waals surface area (Å²) in [5.41, 5.74) is 2.41. The first-order valence-electron chi connectivity index (χ1n) is 6.05. The van der Waals surface area contributed by atoms with E-state index in [1.165, 1.54) is 5.56 Å². The number of benzene rings is 1. The molecule has 2 N–H and O–H groups in total. The summed E-state index contributed by atoms with van der Waals surface area (Å²) in [4.78, 5) is 0. The van der Waals surface area contributed by atoms with E-state index >= 15 is 0 Å². The number of hydrogen-bond acceptors (Lipinski definition) is 3. The van der Waals surface area contributed by atoms with Crippen molar-refractivity contribution < 1.29 is 5.11 Å². The molecule has 0 spiro atoms. The van der Waals surface area contributed by atoms with E-state index in [-0.39, 0.29) is 0 Å². The zero-order valence-corrected chi connectivity index (χ0v) is 10.8. The van der Waals surface area contributed by atoms with E-state index in [1.54, 1.807) is 6.07 Å². The predicted octanol–water partition coefficient (Wildman–Crippen LogP) is 2.89. The summed E-state index contributed by atoms with van der Waals surface area (Å²) in [7, 11) is 0. The molecular weight excluding hydrogens is 230 g/mol. The first-order valence-corrected chi connectivity index (χ1v) is 7.21. The fourth-order valence-corrected chi connectivity index (χ4v) is 2.91. The lowest BCUT2D eigenvalue weighted by molar-refractivity contribution is 0.469. The summed E-state index contributed by atoms with van der Waals surface area (Å²) in [6.45, 7) is 4.72. The highest BCUT2D eigenvalue weighted by atomic mass is 32.2. The van der Waals surface area contributed by atoms with Gasteiger partial charge in [0.1, 0.15) is 5.75 Å². The van der Waals surface area contributed by atoms with Crippen molar-refractivity contribution in [1.29, 1.82) is 0 Å². The normalized spacial score (nSPS) is 18.0. The average Bonchev–Trinajstić information content (AvgIpc) is 2.74. The molecule has 1 aromatic rings. The van der Waals surface area contributed by atoms with Crippen LogP contribution in [0.3, 0.4) is 0 Å². The van der Waals surface area contributed by atoms with E-state index in [0.717, 1.165) is 36.5 Å². The molecule has 0 aromatic heterocycles. The highest BCUT2D eigenvalue weighted by molar-refractivity contribution is 7.99. The Bertz CT molecular complexity index is 392. The van der Waals surface area contributed by atoms with Crippen molar-refractivity contribution >= 4 is 11.8 Å². The van der Waals surface area contributed by atoms with Gasteiger partial charge in [-0.15, -0.1) is 6.58 Å². The van der Waals surface area contributed by atoms with Crippen LogP contribution in [0.2, 0.25) is 0 Å². The van der Waals surface area contributed by atoms with Crippen LogP contribution >= 0.6 is 11.8 Å². The van der Waals surface area contributed by atoms with Crippen molar-refractivity contribution in [3.63, 3.8) is 0 Å². The Hall–Kier alpha value is -0.930. The third-order valence-electron chi connectivity index (χ3n) is 3.12. The largest absolute Gasteiger partial charge is 0.508 e. The van der Waals surface area contributed by atoms with Crippen LogP contribution in [0, 0.1) is 0 Å². The first-order chi connectivity index (χ1) is 8.33. The van der Waals surface area contributed by atoms with Crippen molar-refractivity contribution in [3.8, 4) is 5.75 Å². The molecule has 0 bridgehead atoms. The number of fused-ring (bicyclic) bond motifs is 1. The van der Waals surface area contributed by atoms with Crippen molar-refractivity contribution in [2.24, 2.45) is 0 Å². The second-order valence-corrected chi connectivity index (χ2v) is 5.40. The molecule has 0 aliphatic heterocycles. The number of thioether (sulfide) groups is 1. The summed E-state index contributed by atoms with van der Waals surface area (Å²) in [5.74, 6) is 2.58. The maximum Gasteiger partial charge on any atom is 0.119 e. The van der Waals surface area contributed by atoms with Crippen molar-refractivity contribution in [2.45, 2.75) is 18.9 Å². The zero-order valence-electron chi connectivity index (χ0n) is 9.98. The van der Waals surface area contributed by atoms with E-state index < -0.39 is 0 Å². The topological polar surface area (TPSA) is 32.3 Å². The third-order valence-corrected chi connectivity index (χ3v) is 4.08. The fourth-order valence-electron chi connectivity index (χ4n) is 2.32. The Morgan fingerprint density at radius 1 is 1.53 bits per heavy atom. The molecule has 1 atom stereocenters. The standard InChI is InChI=1S/C14H19NOS/c1-2-9-17-10-8-15-13-7-6-12-11(13)4-3-5-14(12)16/h2-5,13,15-16H,1,6-10H2. The minimum atomic E-state index is 0.418. The van der Waals surface area contributed by atoms with E-state index in [0.29, 0.717) is 11.8 Å². The molecule has 17 heavy (non-hydrogen) atoms. The molecule has 3 heteroatoms. The summed E-state index contributed by atoms with van der Waals surface area (Å²) < 4.78 is 0. The van der Waals surface area contributed by atoms with Gasteiger partial charge in [-0.25, -0.2) is 0 Å². The van der Waals surface area contributed by atoms with Gasteiger partial charge in [-0.3, -0.25) is 0 Å².